The predicted molar refractivity (Wildman–Crippen MR) is 105 cm³/mol. The van der Waals surface area contributed by atoms with Gasteiger partial charge in [0.05, 0.1) is 11.3 Å². The number of fused-ring (bicyclic) bond motifs is 1. The summed E-state index contributed by atoms with van der Waals surface area (Å²) in [6.45, 7) is 5.33. The number of aryl methyl sites for hydroxylation is 1. The largest absolute Gasteiger partial charge is 0.489 e. The normalized spacial score (nSPS) is 14.7. The molecule has 2 N–H and O–H groups in total. The molecule has 0 spiro atoms. The minimum absolute atomic E-state index is 0.0814. The standard InChI is InChI=1S/C21H27N3O3/c1-15(2)23-13-18(25)14-27-19-9-3-6-16-8-5-11-24(20(16)19)21(26)17-7-4-10-22-12-17/h3-4,6-7,9-10,12,15,18,23,25H,5,8,11,13-14H2,1-2H3/t18-/m1/s1. The summed E-state index contributed by atoms with van der Waals surface area (Å²) < 4.78 is 5.92. The lowest BCUT2D eigenvalue weighted by atomic mass is 10.00. The average Bonchev–Trinajstić information content (AvgIpc) is 2.70. The minimum Gasteiger partial charge on any atom is -0.489 e. The molecule has 2 heterocycles. The molecule has 144 valence electrons. The summed E-state index contributed by atoms with van der Waals surface area (Å²) in [5, 5.41) is 13.3. The molecule has 27 heavy (non-hydrogen) atoms. The molecule has 0 saturated heterocycles. The quantitative estimate of drug-likeness (QED) is 0.784. The number of carbonyl (C=O) groups excluding carboxylic acids is 1. The van der Waals surface area contributed by atoms with E-state index in [-0.39, 0.29) is 12.5 Å². The Morgan fingerprint density at radius 1 is 1.33 bits per heavy atom. The van der Waals surface area contributed by atoms with Gasteiger partial charge in [0.15, 0.2) is 0 Å². The number of ether oxygens (including phenoxy) is 1. The summed E-state index contributed by atoms with van der Waals surface area (Å²) in [5.41, 5.74) is 2.45. The molecule has 0 bridgehead atoms. The molecule has 1 amide bonds. The lowest BCUT2D eigenvalue weighted by Crippen LogP contribution is -2.37. The van der Waals surface area contributed by atoms with Crippen LogP contribution >= 0.6 is 0 Å². The Labute approximate surface area is 160 Å². The number of aliphatic hydroxyl groups excluding tert-OH is 1. The maximum absolute atomic E-state index is 13.0. The smallest absolute Gasteiger partial charge is 0.259 e. The van der Waals surface area contributed by atoms with E-state index in [2.05, 4.69) is 10.3 Å². The number of amides is 1. The number of carbonyl (C=O) groups is 1. The highest BCUT2D eigenvalue weighted by Crippen LogP contribution is 2.37. The summed E-state index contributed by atoms with van der Waals surface area (Å²) in [5.74, 6) is 0.551. The van der Waals surface area contributed by atoms with Crippen molar-refractivity contribution < 1.29 is 14.6 Å². The maximum Gasteiger partial charge on any atom is 0.259 e. The van der Waals surface area contributed by atoms with Gasteiger partial charge in [0.25, 0.3) is 5.91 Å². The number of benzene rings is 1. The SMILES string of the molecule is CC(C)NC[C@@H](O)COc1cccc2c1N(C(=O)c1cccnc1)CCC2. The van der Waals surface area contributed by atoms with Crippen LogP contribution < -0.4 is 15.0 Å². The number of nitrogens with zero attached hydrogens (tertiary/aromatic N) is 2. The van der Waals surface area contributed by atoms with E-state index in [0.29, 0.717) is 30.4 Å². The van der Waals surface area contributed by atoms with Gasteiger partial charge in [-0.2, -0.15) is 0 Å². The average molecular weight is 369 g/mol. The van der Waals surface area contributed by atoms with Crippen molar-refractivity contribution in [3.63, 3.8) is 0 Å². The van der Waals surface area contributed by atoms with E-state index in [9.17, 15) is 9.90 Å². The first-order chi connectivity index (χ1) is 13.1. The van der Waals surface area contributed by atoms with Crippen molar-refractivity contribution in [2.45, 2.75) is 38.8 Å². The van der Waals surface area contributed by atoms with Gasteiger partial charge in [0, 0.05) is 31.5 Å². The monoisotopic (exact) mass is 369 g/mol. The number of hydrogen-bond acceptors (Lipinski definition) is 5. The lowest BCUT2D eigenvalue weighted by molar-refractivity contribution is 0.0976. The molecule has 0 saturated carbocycles. The Bertz CT molecular complexity index is 765. The Balaban J connectivity index is 1.79. The van der Waals surface area contributed by atoms with Gasteiger partial charge in [0.1, 0.15) is 18.5 Å². The highest BCUT2D eigenvalue weighted by Gasteiger charge is 2.27. The second kappa shape index (κ2) is 8.97. The zero-order valence-electron chi connectivity index (χ0n) is 15.9. The molecular formula is C21H27N3O3. The number of nitrogens with one attached hydrogen (secondary N) is 1. The lowest BCUT2D eigenvalue weighted by Gasteiger charge is -2.31. The van der Waals surface area contributed by atoms with Crippen molar-refractivity contribution in [2.24, 2.45) is 0 Å². The van der Waals surface area contributed by atoms with Crippen molar-refractivity contribution in [3.05, 3.63) is 53.9 Å². The Morgan fingerprint density at radius 2 is 2.19 bits per heavy atom. The zero-order chi connectivity index (χ0) is 19.2. The summed E-state index contributed by atoms with van der Waals surface area (Å²) in [6.07, 6.45) is 4.43. The number of aromatic nitrogens is 1. The van der Waals surface area contributed by atoms with Gasteiger partial charge in [-0.1, -0.05) is 26.0 Å². The third-order valence-corrected chi connectivity index (χ3v) is 4.53. The molecule has 0 fully saturated rings. The van der Waals surface area contributed by atoms with E-state index in [1.165, 1.54) is 0 Å². The molecule has 0 radical (unpaired) electrons. The Morgan fingerprint density at radius 3 is 2.93 bits per heavy atom. The van der Waals surface area contributed by atoms with Crippen LogP contribution in [-0.4, -0.2) is 47.8 Å². The summed E-state index contributed by atoms with van der Waals surface area (Å²) >= 11 is 0. The van der Waals surface area contributed by atoms with Gasteiger partial charge in [0.2, 0.25) is 0 Å². The van der Waals surface area contributed by atoms with E-state index < -0.39 is 6.10 Å². The number of rotatable bonds is 7. The zero-order valence-corrected chi connectivity index (χ0v) is 15.9. The van der Waals surface area contributed by atoms with Crippen LogP contribution in [0, 0.1) is 0 Å². The number of aliphatic hydroxyl groups is 1. The third kappa shape index (κ3) is 4.84. The van der Waals surface area contributed by atoms with Crippen LogP contribution in [0.3, 0.4) is 0 Å². The van der Waals surface area contributed by atoms with Gasteiger partial charge >= 0.3 is 0 Å². The Kier molecular flexibility index (Phi) is 6.42. The topological polar surface area (TPSA) is 74.7 Å². The summed E-state index contributed by atoms with van der Waals surface area (Å²) in [6, 6.07) is 9.66. The van der Waals surface area contributed by atoms with Crippen LogP contribution in [-0.2, 0) is 6.42 Å². The van der Waals surface area contributed by atoms with Crippen LogP contribution in [0.25, 0.3) is 0 Å². The molecule has 1 aromatic carbocycles. The second-order valence-electron chi connectivity index (χ2n) is 7.09. The van der Waals surface area contributed by atoms with Gasteiger partial charge in [-0.15, -0.1) is 0 Å². The van der Waals surface area contributed by atoms with Gasteiger partial charge in [-0.25, -0.2) is 0 Å². The number of anilines is 1. The van der Waals surface area contributed by atoms with E-state index in [0.717, 1.165) is 24.1 Å². The van der Waals surface area contributed by atoms with E-state index in [1.807, 2.05) is 32.0 Å². The highest BCUT2D eigenvalue weighted by atomic mass is 16.5. The molecule has 3 rings (SSSR count). The molecule has 6 heteroatoms. The van der Waals surface area contributed by atoms with E-state index in [1.54, 1.807) is 29.4 Å². The third-order valence-electron chi connectivity index (χ3n) is 4.53. The number of hydrogen-bond donors (Lipinski definition) is 2. The fraction of sp³-hybridized carbons (Fsp3) is 0.429. The number of pyridine rings is 1. The minimum atomic E-state index is -0.616. The molecule has 0 aliphatic carbocycles. The predicted octanol–water partition coefficient (Wildman–Crippen LogP) is 2.41. The molecule has 0 unspecified atom stereocenters. The van der Waals surface area contributed by atoms with Crippen molar-refractivity contribution in [3.8, 4) is 5.75 Å². The van der Waals surface area contributed by atoms with E-state index in [4.69, 9.17) is 4.74 Å². The van der Waals surface area contributed by atoms with Crippen molar-refractivity contribution >= 4 is 11.6 Å². The summed E-state index contributed by atoms with van der Waals surface area (Å²) in [4.78, 5) is 18.8. The van der Waals surface area contributed by atoms with Crippen LogP contribution in [0.2, 0.25) is 0 Å². The first kappa shape index (κ1) is 19.3. The first-order valence-electron chi connectivity index (χ1n) is 9.44. The molecule has 1 aliphatic rings. The van der Waals surface area contributed by atoms with Gasteiger partial charge in [-0.3, -0.25) is 9.78 Å². The van der Waals surface area contributed by atoms with Crippen LogP contribution in [0.1, 0.15) is 36.2 Å². The highest BCUT2D eigenvalue weighted by molar-refractivity contribution is 6.07. The molecule has 1 aliphatic heterocycles. The summed E-state index contributed by atoms with van der Waals surface area (Å²) in [7, 11) is 0. The Hall–Kier alpha value is -2.44. The number of para-hydroxylation sites is 1. The molecule has 1 aromatic heterocycles. The van der Waals surface area contributed by atoms with Crippen molar-refractivity contribution in [2.75, 3.05) is 24.6 Å². The second-order valence-corrected chi connectivity index (χ2v) is 7.09. The van der Waals surface area contributed by atoms with Crippen LogP contribution in [0.15, 0.2) is 42.7 Å². The van der Waals surface area contributed by atoms with Gasteiger partial charge in [-0.05, 0) is 36.6 Å². The molecule has 1 atom stereocenters. The van der Waals surface area contributed by atoms with Crippen LogP contribution in [0.4, 0.5) is 5.69 Å². The van der Waals surface area contributed by atoms with Gasteiger partial charge < -0.3 is 20.1 Å². The molecule has 6 nitrogen and oxygen atoms in total. The maximum atomic E-state index is 13.0. The molecular weight excluding hydrogens is 342 g/mol. The molecule has 2 aromatic rings. The van der Waals surface area contributed by atoms with Crippen molar-refractivity contribution in [1.29, 1.82) is 0 Å². The van der Waals surface area contributed by atoms with E-state index >= 15 is 0 Å². The first-order valence-corrected chi connectivity index (χ1v) is 9.44. The van der Waals surface area contributed by atoms with Crippen molar-refractivity contribution in [1.82, 2.24) is 10.3 Å². The fourth-order valence-corrected chi connectivity index (χ4v) is 3.20. The fourth-order valence-electron chi connectivity index (χ4n) is 3.20. The van der Waals surface area contributed by atoms with Crippen LogP contribution in [0.5, 0.6) is 5.75 Å².